The van der Waals surface area contributed by atoms with Gasteiger partial charge in [-0.2, -0.15) is 9.40 Å². The van der Waals surface area contributed by atoms with Gasteiger partial charge in [0.05, 0.1) is 12.0 Å². The van der Waals surface area contributed by atoms with E-state index in [4.69, 9.17) is 16.3 Å². The predicted octanol–water partition coefficient (Wildman–Crippen LogP) is 2.04. The maximum Gasteiger partial charge on any atom is 0.262 e. The van der Waals surface area contributed by atoms with E-state index in [1.807, 2.05) is 6.92 Å². The maximum atomic E-state index is 12.7. The van der Waals surface area contributed by atoms with Gasteiger partial charge >= 0.3 is 0 Å². The number of ether oxygens (including phenoxy) is 1. The first-order valence-corrected chi connectivity index (χ1v) is 9.19. The van der Waals surface area contributed by atoms with Crippen LogP contribution in [0.4, 0.5) is 0 Å². The first kappa shape index (κ1) is 16.7. The Balaban J connectivity index is 2.18. The van der Waals surface area contributed by atoms with Crippen LogP contribution in [-0.2, 0) is 20.6 Å². The quantitative estimate of drug-likeness (QED) is 0.807. The molecular weight excluding hydrogens is 314 g/mol. The molecule has 0 amide bonds. The van der Waals surface area contributed by atoms with E-state index in [-0.39, 0.29) is 17.0 Å². The molecule has 0 bridgehead atoms. The van der Waals surface area contributed by atoms with Crippen molar-refractivity contribution in [1.29, 1.82) is 0 Å². The van der Waals surface area contributed by atoms with Crippen molar-refractivity contribution in [2.45, 2.75) is 50.1 Å². The summed E-state index contributed by atoms with van der Waals surface area (Å²) in [6.45, 7) is 5.36. The summed E-state index contributed by atoms with van der Waals surface area (Å²) in [4.78, 5) is 0. The minimum Gasteiger partial charge on any atom is -0.377 e. The Kier molecular flexibility index (Phi) is 5.65. The molecule has 2 rings (SSSR count). The fourth-order valence-corrected chi connectivity index (χ4v) is 4.55. The molecule has 120 valence electrons. The van der Waals surface area contributed by atoms with Crippen molar-refractivity contribution in [3.63, 3.8) is 0 Å². The predicted molar refractivity (Wildman–Crippen MR) is 80.9 cm³/mol. The van der Waals surface area contributed by atoms with Crippen molar-refractivity contribution in [1.82, 2.24) is 14.5 Å². The number of hydrogen-bond donors (Lipinski definition) is 1. The van der Waals surface area contributed by atoms with Crippen LogP contribution in [0.1, 0.15) is 37.4 Å². The summed E-state index contributed by atoms with van der Waals surface area (Å²) >= 11 is 5.85. The molecule has 8 heteroatoms. The van der Waals surface area contributed by atoms with E-state index in [1.165, 1.54) is 4.31 Å². The van der Waals surface area contributed by atoms with Gasteiger partial charge in [-0.25, -0.2) is 8.42 Å². The average molecular weight is 336 g/mol. The zero-order chi connectivity index (χ0) is 15.5. The second-order valence-corrected chi connectivity index (χ2v) is 7.38. The van der Waals surface area contributed by atoms with Crippen LogP contribution < -0.4 is 0 Å². The number of alkyl halides is 1. The highest BCUT2D eigenvalue weighted by Gasteiger charge is 2.34. The Labute approximate surface area is 130 Å². The molecular formula is C13H22ClN3O3S. The van der Waals surface area contributed by atoms with Gasteiger partial charge in [0.2, 0.25) is 0 Å². The van der Waals surface area contributed by atoms with Crippen molar-refractivity contribution >= 4 is 21.6 Å². The molecule has 1 aromatic rings. The van der Waals surface area contributed by atoms with Crippen molar-refractivity contribution in [3.05, 3.63) is 11.3 Å². The van der Waals surface area contributed by atoms with Crippen molar-refractivity contribution in [2.75, 3.05) is 19.7 Å². The van der Waals surface area contributed by atoms with Crippen LogP contribution in [-0.4, -0.2) is 48.7 Å². The lowest BCUT2D eigenvalue weighted by Gasteiger charge is -2.31. The van der Waals surface area contributed by atoms with E-state index in [9.17, 15) is 8.42 Å². The van der Waals surface area contributed by atoms with E-state index in [1.54, 1.807) is 6.92 Å². The molecule has 1 atom stereocenters. The second-order valence-electron chi connectivity index (χ2n) is 5.26. The Morgan fingerprint density at radius 1 is 1.52 bits per heavy atom. The third kappa shape index (κ3) is 3.59. The summed E-state index contributed by atoms with van der Waals surface area (Å²) in [7, 11) is -3.62. The Bertz CT molecular complexity index is 573. The summed E-state index contributed by atoms with van der Waals surface area (Å²) in [5, 5.41) is 6.70. The van der Waals surface area contributed by atoms with E-state index in [2.05, 4.69) is 10.2 Å². The zero-order valence-corrected chi connectivity index (χ0v) is 14.0. The minimum atomic E-state index is -3.62. The Hall–Kier alpha value is -0.630. The first-order chi connectivity index (χ1) is 10.0. The van der Waals surface area contributed by atoms with Crippen molar-refractivity contribution < 1.29 is 13.2 Å². The summed E-state index contributed by atoms with van der Waals surface area (Å²) < 4.78 is 32.6. The molecule has 0 radical (unpaired) electrons. The molecule has 1 aliphatic rings. The lowest BCUT2D eigenvalue weighted by Crippen LogP contribution is -2.43. The van der Waals surface area contributed by atoms with Crippen LogP contribution in [0.2, 0.25) is 0 Å². The first-order valence-electron chi connectivity index (χ1n) is 7.22. The van der Waals surface area contributed by atoms with Crippen LogP contribution in [0.5, 0.6) is 0 Å². The lowest BCUT2D eigenvalue weighted by atomic mass is 10.1. The monoisotopic (exact) mass is 335 g/mol. The maximum absolute atomic E-state index is 12.7. The number of H-pyrrole nitrogens is 1. The standard InChI is InChI=1S/C13H22ClN3O3S/c1-3-7-20-11-5-4-6-17(9-11)21(18,19)13-12(8-14)10(2)15-16-13/h11H,3-9H2,1-2H3,(H,15,16). The summed E-state index contributed by atoms with van der Waals surface area (Å²) in [5.41, 5.74) is 1.24. The van der Waals surface area contributed by atoms with Crippen LogP contribution in [0.15, 0.2) is 5.03 Å². The summed E-state index contributed by atoms with van der Waals surface area (Å²) in [5.74, 6) is 0.125. The van der Waals surface area contributed by atoms with Gasteiger partial charge < -0.3 is 4.74 Å². The smallest absolute Gasteiger partial charge is 0.262 e. The van der Waals surface area contributed by atoms with Crippen molar-refractivity contribution in [3.8, 4) is 0 Å². The Morgan fingerprint density at radius 3 is 2.95 bits per heavy atom. The topological polar surface area (TPSA) is 75.3 Å². The Morgan fingerprint density at radius 2 is 2.29 bits per heavy atom. The third-order valence-corrected chi connectivity index (χ3v) is 5.76. The van der Waals surface area contributed by atoms with Crippen molar-refractivity contribution in [2.24, 2.45) is 0 Å². The van der Waals surface area contributed by atoms with E-state index >= 15 is 0 Å². The number of piperidine rings is 1. The van der Waals surface area contributed by atoms with Gasteiger partial charge in [-0.3, -0.25) is 5.10 Å². The molecule has 1 aromatic heterocycles. The van der Waals surface area contributed by atoms with E-state index < -0.39 is 10.0 Å². The number of sulfonamides is 1. The largest absolute Gasteiger partial charge is 0.377 e. The fraction of sp³-hybridized carbons (Fsp3) is 0.769. The molecule has 1 N–H and O–H groups in total. The van der Waals surface area contributed by atoms with Crippen LogP contribution in [0, 0.1) is 6.92 Å². The number of rotatable bonds is 6. The van der Waals surface area contributed by atoms with Gasteiger partial charge in [-0.1, -0.05) is 6.92 Å². The molecule has 21 heavy (non-hydrogen) atoms. The van der Waals surface area contributed by atoms with E-state index in [0.29, 0.717) is 31.0 Å². The van der Waals surface area contributed by atoms with Gasteiger partial charge in [0.1, 0.15) is 0 Å². The summed E-state index contributed by atoms with van der Waals surface area (Å²) in [6, 6.07) is 0. The van der Waals surface area contributed by atoms with Crippen LogP contribution in [0.3, 0.4) is 0 Å². The number of nitrogens with zero attached hydrogens (tertiary/aromatic N) is 2. The SMILES string of the molecule is CCCOC1CCCN(S(=O)(=O)c2n[nH]c(C)c2CCl)C1. The van der Waals surface area contributed by atoms with Gasteiger partial charge in [0.15, 0.2) is 5.03 Å². The molecule has 0 aromatic carbocycles. The number of aromatic amines is 1. The number of halogens is 1. The van der Waals surface area contributed by atoms with Gasteiger partial charge in [-0.15, -0.1) is 11.6 Å². The average Bonchev–Trinajstić information content (AvgIpc) is 2.87. The molecule has 1 saturated heterocycles. The van der Waals surface area contributed by atoms with Crippen LogP contribution in [0.25, 0.3) is 0 Å². The number of nitrogens with one attached hydrogen (secondary N) is 1. The van der Waals surface area contributed by atoms with Gasteiger partial charge in [-0.05, 0) is 26.2 Å². The number of aryl methyl sites for hydroxylation is 1. The zero-order valence-electron chi connectivity index (χ0n) is 12.4. The minimum absolute atomic E-state index is 0.0343. The molecule has 0 spiro atoms. The second kappa shape index (κ2) is 7.09. The van der Waals surface area contributed by atoms with E-state index in [0.717, 1.165) is 19.3 Å². The normalized spacial score (nSPS) is 20.8. The number of aromatic nitrogens is 2. The molecule has 0 aliphatic carbocycles. The van der Waals surface area contributed by atoms with Gasteiger partial charge in [0, 0.05) is 31.0 Å². The molecule has 1 aliphatic heterocycles. The van der Waals surface area contributed by atoms with Crippen LogP contribution >= 0.6 is 11.6 Å². The number of hydrogen-bond acceptors (Lipinski definition) is 4. The molecule has 0 saturated carbocycles. The molecule has 2 heterocycles. The lowest BCUT2D eigenvalue weighted by molar-refractivity contribution is 0.0193. The highest BCUT2D eigenvalue weighted by Crippen LogP contribution is 2.25. The fourth-order valence-electron chi connectivity index (χ4n) is 2.47. The third-order valence-electron chi connectivity index (χ3n) is 3.65. The van der Waals surface area contributed by atoms with Gasteiger partial charge in [0.25, 0.3) is 10.0 Å². The highest BCUT2D eigenvalue weighted by atomic mass is 35.5. The molecule has 1 fully saturated rings. The highest BCUT2D eigenvalue weighted by molar-refractivity contribution is 7.89. The molecule has 6 nitrogen and oxygen atoms in total. The summed E-state index contributed by atoms with van der Waals surface area (Å²) in [6.07, 6.45) is 2.59. The molecule has 1 unspecified atom stereocenters.